The Balaban J connectivity index is 2.44. The van der Waals surface area contributed by atoms with E-state index in [-0.39, 0.29) is 0 Å². The molecule has 0 saturated carbocycles. The van der Waals surface area contributed by atoms with Gasteiger partial charge in [0.15, 0.2) is 0 Å². The summed E-state index contributed by atoms with van der Waals surface area (Å²) < 4.78 is 4.99. The predicted octanol–water partition coefficient (Wildman–Crippen LogP) is 3.18. The maximum atomic E-state index is 6.03. The molecule has 0 fully saturated rings. The summed E-state index contributed by atoms with van der Waals surface area (Å²) in [6, 6.07) is 5.18. The van der Waals surface area contributed by atoms with Crippen molar-refractivity contribution in [2.45, 2.75) is 6.61 Å². The third kappa shape index (κ3) is 2.72. The third-order valence-electron chi connectivity index (χ3n) is 2.39. The molecule has 0 atom stereocenters. The van der Waals surface area contributed by atoms with Crippen molar-refractivity contribution < 1.29 is 4.74 Å². The number of nitrogens with zero attached hydrogens (tertiary/aromatic N) is 2. The minimum atomic E-state index is 0.301. The van der Waals surface area contributed by atoms with Crippen molar-refractivity contribution in [2.75, 3.05) is 12.8 Å². The van der Waals surface area contributed by atoms with Gasteiger partial charge in [-0.3, -0.25) is 4.98 Å². The maximum absolute atomic E-state index is 6.03. The SMILES string of the molecule is COCc1cc(N)c(-c2ccc(Cl)nc2Cl)cn1. The standard InChI is InChI=1S/C12H11Cl2N3O/c1-18-6-7-4-10(15)9(5-16-7)8-2-3-11(13)17-12(8)14/h2-5H,6H2,1H3,(H2,15,16). The predicted molar refractivity (Wildman–Crippen MR) is 72.6 cm³/mol. The molecule has 0 aliphatic heterocycles. The van der Waals surface area contributed by atoms with Crippen LogP contribution in [0.1, 0.15) is 5.69 Å². The molecule has 18 heavy (non-hydrogen) atoms. The van der Waals surface area contributed by atoms with Gasteiger partial charge in [-0.25, -0.2) is 4.98 Å². The normalized spacial score (nSPS) is 10.6. The van der Waals surface area contributed by atoms with Gasteiger partial charge in [0.05, 0.1) is 12.3 Å². The zero-order valence-electron chi connectivity index (χ0n) is 9.65. The van der Waals surface area contributed by atoms with E-state index in [0.29, 0.717) is 28.2 Å². The molecular formula is C12H11Cl2N3O. The molecule has 0 aliphatic rings. The number of nitrogen functional groups attached to an aromatic ring is 1. The number of halogens is 2. The first-order valence-electron chi connectivity index (χ1n) is 5.17. The van der Waals surface area contributed by atoms with Crippen LogP contribution in [0.4, 0.5) is 5.69 Å². The second-order valence-corrected chi connectivity index (χ2v) is 4.41. The molecule has 2 N–H and O–H groups in total. The molecule has 2 aromatic heterocycles. The Kier molecular flexibility index (Phi) is 4.01. The second-order valence-electron chi connectivity index (χ2n) is 3.67. The van der Waals surface area contributed by atoms with Crippen LogP contribution < -0.4 is 5.73 Å². The number of anilines is 1. The van der Waals surface area contributed by atoms with Crippen molar-refractivity contribution in [1.29, 1.82) is 0 Å². The molecule has 2 aromatic rings. The Morgan fingerprint density at radius 2 is 2.06 bits per heavy atom. The molecule has 6 heteroatoms. The molecule has 0 bridgehead atoms. The molecular weight excluding hydrogens is 273 g/mol. The number of hydrogen-bond donors (Lipinski definition) is 1. The van der Waals surface area contributed by atoms with Crippen LogP contribution in [0.2, 0.25) is 10.3 Å². The molecule has 0 unspecified atom stereocenters. The van der Waals surface area contributed by atoms with E-state index < -0.39 is 0 Å². The molecule has 94 valence electrons. The van der Waals surface area contributed by atoms with Gasteiger partial charge in [-0.15, -0.1) is 0 Å². The topological polar surface area (TPSA) is 61.0 Å². The van der Waals surface area contributed by atoms with Gasteiger partial charge in [0.2, 0.25) is 0 Å². The summed E-state index contributed by atoms with van der Waals surface area (Å²) in [6.45, 7) is 0.414. The van der Waals surface area contributed by atoms with Crippen LogP contribution in [0.3, 0.4) is 0 Å². The molecule has 0 radical (unpaired) electrons. The van der Waals surface area contributed by atoms with E-state index in [1.54, 1.807) is 31.5 Å². The molecule has 2 heterocycles. The fraction of sp³-hybridized carbons (Fsp3) is 0.167. The molecule has 0 amide bonds. The Morgan fingerprint density at radius 1 is 1.28 bits per heavy atom. The number of hydrogen-bond acceptors (Lipinski definition) is 4. The van der Waals surface area contributed by atoms with E-state index in [1.165, 1.54) is 0 Å². The van der Waals surface area contributed by atoms with E-state index >= 15 is 0 Å². The third-order valence-corrected chi connectivity index (χ3v) is 2.89. The highest BCUT2D eigenvalue weighted by atomic mass is 35.5. The number of ether oxygens (including phenoxy) is 1. The highest BCUT2D eigenvalue weighted by Crippen LogP contribution is 2.31. The van der Waals surface area contributed by atoms with Gasteiger partial charge >= 0.3 is 0 Å². The van der Waals surface area contributed by atoms with Gasteiger partial charge in [0.1, 0.15) is 10.3 Å². The molecule has 0 saturated heterocycles. The zero-order chi connectivity index (χ0) is 13.1. The smallest absolute Gasteiger partial charge is 0.138 e. The molecule has 0 spiro atoms. The first-order valence-corrected chi connectivity index (χ1v) is 5.93. The summed E-state index contributed by atoms with van der Waals surface area (Å²) >= 11 is 11.8. The number of methoxy groups -OCH3 is 1. The minimum Gasteiger partial charge on any atom is -0.398 e. The average molecular weight is 284 g/mol. The summed E-state index contributed by atoms with van der Waals surface area (Å²) in [5, 5.41) is 0.641. The van der Waals surface area contributed by atoms with Gasteiger partial charge in [-0.05, 0) is 18.2 Å². The number of aromatic nitrogens is 2. The summed E-state index contributed by atoms with van der Waals surface area (Å²) in [5.74, 6) is 0. The monoisotopic (exact) mass is 283 g/mol. The first-order chi connectivity index (χ1) is 8.61. The largest absolute Gasteiger partial charge is 0.398 e. The molecule has 0 aromatic carbocycles. The second kappa shape index (κ2) is 5.52. The van der Waals surface area contributed by atoms with Gasteiger partial charge in [0.25, 0.3) is 0 Å². The number of nitrogens with two attached hydrogens (primary N) is 1. The van der Waals surface area contributed by atoms with Gasteiger partial charge in [-0.2, -0.15) is 0 Å². The van der Waals surface area contributed by atoms with Crippen molar-refractivity contribution in [2.24, 2.45) is 0 Å². The van der Waals surface area contributed by atoms with Crippen molar-refractivity contribution in [3.8, 4) is 11.1 Å². The van der Waals surface area contributed by atoms with Crippen LogP contribution in [0, 0.1) is 0 Å². The van der Waals surface area contributed by atoms with E-state index in [1.807, 2.05) is 0 Å². The van der Waals surface area contributed by atoms with E-state index in [4.69, 9.17) is 33.7 Å². The van der Waals surface area contributed by atoms with Gasteiger partial charge in [0, 0.05) is 30.1 Å². The van der Waals surface area contributed by atoms with Gasteiger partial charge in [-0.1, -0.05) is 23.2 Å². The zero-order valence-corrected chi connectivity index (χ0v) is 11.2. The Hall–Kier alpha value is -1.36. The lowest BCUT2D eigenvalue weighted by Gasteiger charge is -2.08. The Morgan fingerprint density at radius 3 is 2.67 bits per heavy atom. The molecule has 2 rings (SSSR count). The molecule has 4 nitrogen and oxygen atoms in total. The lowest BCUT2D eigenvalue weighted by molar-refractivity contribution is 0.181. The van der Waals surface area contributed by atoms with Gasteiger partial charge < -0.3 is 10.5 Å². The summed E-state index contributed by atoms with van der Waals surface area (Å²) in [4.78, 5) is 8.22. The van der Waals surface area contributed by atoms with Crippen molar-refractivity contribution in [1.82, 2.24) is 9.97 Å². The lowest BCUT2D eigenvalue weighted by Crippen LogP contribution is -1.98. The number of rotatable bonds is 3. The minimum absolute atomic E-state index is 0.301. The Bertz CT molecular complexity index is 575. The van der Waals surface area contributed by atoms with Crippen LogP contribution in [0.15, 0.2) is 24.4 Å². The first kappa shape index (κ1) is 13.1. The summed E-state index contributed by atoms with van der Waals surface area (Å²) in [7, 11) is 1.60. The van der Waals surface area contributed by atoms with E-state index in [2.05, 4.69) is 9.97 Å². The van der Waals surface area contributed by atoms with Crippen molar-refractivity contribution in [3.63, 3.8) is 0 Å². The fourth-order valence-electron chi connectivity index (χ4n) is 1.58. The summed E-state index contributed by atoms with van der Waals surface area (Å²) in [6.07, 6.45) is 1.65. The highest BCUT2D eigenvalue weighted by molar-refractivity contribution is 6.34. The van der Waals surface area contributed by atoms with Crippen LogP contribution in [-0.2, 0) is 11.3 Å². The Labute approximate surface area is 115 Å². The van der Waals surface area contributed by atoms with Crippen LogP contribution in [0.5, 0.6) is 0 Å². The molecule has 0 aliphatic carbocycles. The van der Waals surface area contributed by atoms with E-state index in [0.717, 1.165) is 11.3 Å². The lowest BCUT2D eigenvalue weighted by atomic mass is 10.1. The van der Waals surface area contributed by atoms with E-state index in [9.17, 15) is 0 Å². The van der Waals surface area contributed by atoms with Crippen molar-refractivity contribution >= 4 is 28.9 Å². The van der Waals surface area contributed by atoms with Crippen LogP contribution in [-0.4, -0.2) is 17.1 Å². The van der Waals surface area contributed by atoms with Crippen molar-refractivity contribution in [3.05, 3.63) is 40.4 Å². The highest BCUT2D eigenvalue weighted by Gasteiger charge is 2.10. The summed E-state index contributed by atoms with van der Waals surface area (Å²) in [5.41, 5.74) is 8.74. The van der Waals surface area contributed by atoms with Crippen LogP contribution in [0.25, 0.3) is 11.1 Å². The fourth-order valence-corrected chi connectivity index (χ4v) is 2.03. The number of pyridine rings is 2. The quantitative estimate of drug-likeness (QED) is 0.879. The maximum Gasteiger partial charge on any atom is 0.138 e. The van der Waals surface area contributed by atoms with Crippen LogP contribution >= 0.6 is 23.2 Å². The average Bonchev–Trinajstić information content (AvgIpc) is 2.31.